The fourth-order valence-corrected chi connectivity index (χ4v) is 2.39. The van der Waals surface area contributed by atoms with E-state index < -0.39 is 0 Å². The Morgan fingerprint density at radius 3 is 2.93 bits per heavy atom. The predicted molar refractivity (Wildman–Crippen MR) is 64.4 cm³/mol. The van der Waals surface area contributed by atoms with Crippen molar-refractivity contribution in [1.29, 1.82) is 0 Å². The number of ether oxygens (including phenoxy) is 1. The van der Waals surface area contributed by atoms with Gasteiger partial charge in [0.2, 0.25) is 0 Å². The van der Waals surface area contributed by atoms with Gasteiger partial charge in [0, 0.05) is 9.77 Å². The van der Waals surface area contributed by atoms with Crippen LogP contribution in [-0.2, 0) is 9.53 Å². The molecule has 0 amide bonds. The van der Waals surface area contributed by atoms with Crippen LogP contribution >= 0.6 is 22.6 Å². The zero-order chi connectivity index (χ0) is 10.8. The predicted octanol–water partition coefficient (Wildman–Crippen LogP) is 2.35. The van der Waals surface area contributed by atoms with Crippen molar-refractivity contribution >= 4 is 28.6 Å². The Hall–Kier alpha value is -0.650. The topological polar surface area (TPSA) is 39.2 Å². The number of aromatic nitrogens is 1. The first kappa shape index (κ1) is 10.9. The maximum Gasteiger partial charge on any atom is 0.315 e. The molecule has 0 aliphatic heterocycles. The molecule has 3 nitrogen and oxygen atoms in total. The van der Waals surface area contributed by atoms with E-state index in [4.69, 9.17) is 4.74 Å². The number of hydrogen-bond acceptors (Lipinski definition) is 3. The minimum Gasteiger partial charge on any atom is -0.468 e. The van der Waals surface area contributed by atoms with Gasteiger partial charge in [-0.2, -0.15) is 0 Å². The van der Waals surface area contributed by atoms with Gasteiger partial charge in [0.15, 0.2) is 0 Å². The molecule has 1 fully saturated rings. The molecule has 1 atom stereocenters. The van der Waals surface area contributed by atoms with Crippen molar-refractivity contribution in [1.82, 2.24) is 4.98 Å². The van der Waals surface area contributed by atoms with Gasteiger partial charge in [0.05, 0.1) is 12.8 Å². The summed E-state index contributed by atoms with van der Waals surface area (Å²) in [6.45, 7) is 0. The zero-order valence-electron chi connectivity index (χ0n) is 8.44. The highest BCUT2D eigenvalue weighted by molar-refractivity contribution is 14.1. The van der Waals surface area contributed by atoms with E-state index in [9.17, 15) is 4.79 Å². The molecule has 1 unspecified atom stereocenters. The van der Waals surface area contributed by atoms with Gasteiger partial charge < -0.3 is 4.74 Å². The fraction of sp³-hybridized carbons (Fsp3) is 0.455. The van der Waals surface area contributed by atoms with E-state index in [0.717, 1.165) is 22.1 Å². The maximum atomic E-state index is 11.7. The lowest BCUT2D eigenvalue weighted by atomic mass is 9.99. The molecule has 1 aromatic rings. The molecule has 0 bridgehead atoms. The molecule has 1 heterocycles. The van der Waals surface area contributed by atoms with E-state index in [2.05, 4.69) is 27.6 Å². The molecule has 1 aromatic heterocycles. The van der Waals surface area contributed by atoms with Gasteiger partial charge in [-0.25, -0.2) is 0 Å². The lowest BCUT2D eigenvalue weighted by Gasteiger charge is -2.14. The standard InChI is InChI=1S/C11H12INO2/c1-15-11(14)9(7-4-5-7)10-8(12)3-2-6-13-10/h2-3,6-7,9H,4-5H2,1H3. The van der Waals surface area contributed by atoms with Crippen LogP contribution in [0.5, 0.6) is 0 Å². The average Bonchev–Trinajstić information content (AvgIpc) is 3.05. The van der Waals surface area contributed by atoms with E-state index in [1.54, 1.807) is 6.20 Å². The average molecular weight is 317 g/mol. The number of methoxy groups -OCH3 is 1. The number of esters is 1. The van der Waals surface area contributed by atoms with Crippen molar-refractivity contribution in [2.75, 3.05) is 7.11 Å². The molecular formula is C11H12INO2. The highest BCUT2D eigenvalue weighted by Gasteiger charge is 2.39. The lowest BCUT2D eigenvalue weighted by molar-refractivity contribution is -0.143. The molecule has 0 N–H and O–H groups in total. The number of halogens is 1. The van der Waals surface area contributed by atoms with Gasteiger partial charge >= 0.3 is 5.97 Å². The zero-order valence-corrected chi connectivity index (χ0v) is 10.6. The second-order valence-electron chi connectivity index (χ2n) is 3.71. The van der Waals surface area contributed by atoms with E-state index in [-0.39, 0.29) is 11.9 Å². The SMILES string of the molecule is COC(=O)C(c1ncccc1I)C1CC1. The van der Waals surface area contributed by atoms with Crippen molar-refractivity contribution in [3.63, 3.8) is 0 Å². The van der Waals surface area contributed by atoms with E-state index >= 15 is 0 Å². The van der Waals surface area contributed by atoms with E-state index in [1.165, 1.54) is 7.11 Å². The molecule has 1 aliphatic carbocycles. The lowest BCUT2D eigenvalue weighted by Crippen LogP contribution is -2.18. The number of carbonyl (C=O) groups excluding carboxylic acids is 1. The minimum atomic E-state index is -0.164. The van der Waals surface area contributed by atoms with Gasteiger partial charge in [0.1, 0.15) is 5.92 Å². The van der Waals surface area contributed by atoms with Crippen LogP contribution in [0.2, 0.25) is 0 Å². The number of rotatable bonds is 3. The first-order valence-electron chi connectivity index (χ1n) is 4.92. The summed E-state index contributed by atoms with van der Waals surface area (Å²) in [4.78, 5) is 16.0. The third kappa shape index (κ3) is 2.30. The highest BCUT2D eigenvalue weighted by atomic mass is 127. The number of carbonyl (C=O) groups is 1. The minimum absolute atomic E-state index is 0.158. The molecule has 15 heavy (non-hydrogen) atoms. The monoisotopic (exact) mass is 317 g/mol. The van der Waals surface area contributed by atoms with Gasteiger partial charge in [-0.05, 0) is 53.5 Å². The van der Waals surface area contributed by atoms with Crippen molar-refractivity contribution in [3.8, 4) is 0 Å². The smallest absolute Gasteiger partial charge is 0.315 e. The van der Waals surface area contributed by atoms with Gasteiger partial charge in [-0.1, -0.05) is 0 Å². The van der Waals surface area contributed by atoms with Gasteiger partial charge in [0.25, 0.3) is 0 Å². The Morgan fingerprint density at radius 1 is 1.67 bits per heavy atom. The first-order valence-corrected chi connectivity index (χ1v) is 6.00. The molecule has 0 spiro atoms. The molecule has 0 aromatic carbocycles. The highest BCUT2D eigenvalue weighted by Crippen LogP contribution is 2.43. The third-order valence-electron chi connectivity index (χ3n) is 2.63. The fourth-order valence-electron chi connectivity index (χ4n) is 1.71. The van der Waals surface area contributed by atoms with Crippen LogP contribution in [0, 0.1) is 9.49 Å². The van der Waals surface area contributed by atoms with E-state index in [0.29, 0.717) is 5.92 Å². The normalized spacial score (nSPS) is 17.2. The molecule has 4 heteroatoms. The summed E-state index contributed by atoms with van der Waals surface area (Å²) < 4.78 is 5.88. The van der Waals surface area contributed by atoms with E-state index in [1.807, 2.05) is 12.1 Å². The summed E-state index contributed by atoms with van der Waals surface area (Å²) in [7, 11) is 1.44. The van der Waals surface area contributed by atoms with Crippen LogP contribution in [0.4, 0.5) is 0 Å². The number of hydrogen-bond donors (Lipinski definition) is 0. The summed E-state index contributed by atoms with van der Waals surface area (Å²) in [6, 6.07) is 3.85. The Balaban J connectivity index is 2.32. The van der Waals surface area contributed by atoms with Crippen LogP contribution in [0.3, 0.4) is 0 Å². The number of pyridine rings is 1. The molecule has 80 valence electrons. The van der Waals surface area contributed by atoms with Gasteiger partial charge in [-0.3, -0.25) is 9.78 Å². The Kier molecular flexibility index (Phi) is 3.23. The summed E-state index contributed by atoms with van der Waals surface area (Å²) in [5.41, 5.74) is 0.868. The third-order valence-corrected chi connectivity index (χ3v) is 3.54. The van der Waals surface area contributed by atoms with Crippen LogP contribution in [-0.4, -0.2) is 18.1 Å². The van der Waals surface area contributed by atoms with Crippen LogP contribution in [0.25, 0.3) is 0 Å². The molecule has 1 saturated carbocycles. The second kappa shape index (κ2) is 4.47. The van der Waals surface area contributed by atoms with Crippen molar-refractivity contribution in [3.05, 3.63) is 27.6 Å². The quantitative estimate of drug-likeness (QED) is 0.635. The second-order valence-corrected chi connectivity index (χ2v) is 4.87. The maximum absolute atomic E-state index is 11.7. The van der Waals surface area contributed by atoms with Crippen molar-refractivity contribution in [2.45, 2.75) is 18.8 Å². The summed E-state index contributed by atoms with van der Waals surface area (Å²) in [5.74, 6) is 0.109. The first-order chi connectivity index (χ1) is 7.24. The summed E-state index contributed by atoms with van der Waals surface area (Å²) in [5, 5.41) is 0. The van der Waals surface area contributed by atoms with Crippen LogP contribution in [0.1, 0.15) is 24.5 Å². The molecule has 0 radical (unpaired) electrons. The molecule has 1 aliphatic rings. The molecule has 0 saturated heterocycles. The molecule has 2 rings (SSSR count). The summed E-state index contributed by atoms with van der Waals surface area (Å²) in [6.07, 6.45) is 3.94. The summed E-state index contributed by atoms with van der Waals surface area (Å²) >= 11 is 2.22. The van der Waals surface area contributed by atoms with Crippen molar-refractivity contribution in [2.24, 2.45) is 5.92 Å². The largest absolute Gasteiger partial charge is 0.468 e. The van der Waals surface area contributed by atoms with Crippen LogP contribution in [0.15, 0.2) is 18.3 Å². The Bertz CT molecular complexity index is 377. The Morgan fingerprint density at radius 2 is 2.40 bits per heavy atom. The van der Waals surface area contributed by atoms with Gasteiger partial charge in [-0.15, -0.1) is 0 Å². The van der Waals surface area contributed by atoms with Crippen LogP contribution < -0.4 is 0 Å². The Labute approximate surface area is 102 Å². The number of nitrogens with zero attached hydrogens (tertiary/aromatic N) is 1. The molecular weight excluding hydrogens is 305 g/mol. The van der Waals surface area contributed by atoms with Crippen molar-refractivity contribution < 1.29 is 9.53 Å².